The summed E-state index contributed by atoms with van der Waals surface area (Å²) in [5, 5.41) is 17.4. The Balaban J connectivity index is 4.61. The van der Waals surface area contributed by atoms with Crippen molar-refractivity contribution in [2.24, 2.45) is 11.7 Å². The Kier molecular flexibility index (Phi) is 14.7. The Labute approximate surface area is 179 Å². The van der Waals surface area contributed by atoms with Crippen molar-refractivity contribution in [1.29, 1.82) is 0 Å². The predicted octanol–water partition coefficient (Wildman–Crippen LogP) is 0.387. The molecular formula is C21H40N4O5. The van der Waals surface area contributed by atoms with Crippen LogP contribution in [0.3, 0.4) is 0 Å². The minimum absolute atomic E-state index is 0.171. The molecule has 3 atom stereocenters. The van der Waals surface area contributed by atoms with Gasteiger partial charge in [0.05, 0.1) is 18.7 Å². The van der Waals surface area contributed by atoms with E-state index in [1.807, 2.05) is 0 Å². The highest BCUT2D eigenvalue weighted by molar-refractivity contribution is 5.94. The van der Waals surface area contributed by atoms with Crippen molar-refractivity contribution < 1.29 is 24.3 Å². The minimum Gasteiger partial charge on any atom is -0.391 e. The fourth-order valence-corrected chi connectivity index (χ4v) is 2.90. The second-order valence-electron chi connectivity index (χ2n) is 7.92. The summed E-state index contributed by atoms with van der Waals surface area (Å²) in [6.45, 7) is 6.84. The minimum atomic E-state index is -1.25. The number of amides is 3. The van der Waals surface area contributed by atoms with Crippen molar-refractivity contribution in [3.05, 3.63) is 0 Å². The summed E-state index contributed by atoms with van der Waals surface area (Å²) in [6, 6.07) is -2.03. The average Bonchev–Trinajstić information content (AvgIpc) is 2.68. The third-order valence-electron chi connectivity index (χ3n) is 4.72. The van der Waals surface area contributed by atoms with E-state index in [1.165, 1.54) is 6.92 Å². The standard InChI is InChI=1S/C21H40N4O5/c1-5-6-7-8-9-10-17(27)23-13-18(28)25-19(15(4)26)21(30)24-16(11-12-22)20(29)14(2)3/h14-16,19,26H,5-13,22H2,1-4H3,(H,23,27)(H,24,30)(H,25,28)/t15?,16-,19-/m0/s1. The van der Waals surface area contributed by atoms with Crippen LogP contribution in [0, 0.1) is 5.92 Å². The monoisotopic (exact) mass is 428 g/mol. The summed E-state index contributed by atoms with van der Waals surface area (Å²) in [5.41, 5.74) is 5.52. The molecule has 0 aromatic rings. The van der Waals surface area contributed by atoms with Crippen molar-refractivity contribution in [2.45, 2.75) is 90.8 Å². The number of rotatable bonds is 16. The number of unbranched alkanes of at least 4 members (excludes halogenated alkanes) is 4. The van der Waals surface area contributed by atoms with Gasteiger partial charge in [0.1, 0.15) is 6.04 Å². The Hall–Kier alpha value is -2.00. The van der Waals surface area contributed by atoms with Gasteiger partial charge in [0.25, 0.3) is 0 Å². The van der Waals surface area contributed by atoms with Crippen LogP contribution in [-0.4, -0.2) is 59.9 Å². The van der Waals surface area contributed by atoms with Crippen LogP contribution < -0.4 is 21.7 Å². The van der Waals surface area contributed by atoms with Crippen LogP contribution in [0.15, 0.2) is 0 Å². The highest BCUT2D eigenvalue weighted by Crippen LogP contribution is 2.06. The number of hydrogen-bond donors (Lipinski definition) is 5. The van der Waals surface area contributed by atoms with Gasteiger partial charge in [0, 0.05) is 12.3 Å². The summed E-state index contributed by atoms with van der Waals surface area (Å²) in [4.78, 5) is 48.7. The molecule has 30 heavy (non-hydrogen) atoms. The van der Waals surface area contributed by atoms with Crippen molar-refractivity contribution in [3.8, 4) is 0 Å². The fraction of sp³-hybridized carbons (Fsp3) is 0.810. The normalized spacial score (nSPS) is 14.0. The van der Waals surface area contributed by atoms with Crippen LogP contribution in [0.2, 0.25) is 0 Å². The summed E-state index contributed by atoms with van der Waals surface area (Å²) < 4.78 is 0. The van der Waals surface area contributed by atoms with E-state index in [0.29, 0.717) is 6.42 Å². The number of hydrogen-bond acceptors (Lipinski definition) is 6. The fourth-order valence-electron chi connectivity index (χ4n) is 2.90. The molecule has 0 rings (SSSR count). The molecule has 0 saturated carbocycles. The summed E-state index contributed by atoms with van der Waals surface area (Å²) in [5.74, 6) is -1.96. The van der Waals surface area contributed by atoms with E-state index in [0.717, 1.165) is 32.1 Å². The van der Waals surface area contributed by atoms with E-state index in [1.54, 1.807) is 13.8 Å². The second-order valence-corrected chi connectivity index (χ2v) is 7.92. The van der Waals surface area contributed by atoms with Crippen molar-refractivity contribution >= 4 is 23.5 Å². The molecule has 0 aromatic carbocycles. The first-order chi connectivity index (χ1) is 14.1. The molecule has 0 aromatic heterocycles. The molecular weight excluding hydrogens is 388 g/mol. The maximum Gasteiger partial charge on any atom is 0.245 e. The number of aliphatic hydroxyl groups is 1. The first-order valence-corrected chi connectivity index (χ1v) is 10.9. The van der Waals surface area contributed by atoms with E-state index < -0.39 is 30.0 Å². The van der Waals surface area contributed by atoms with Gasteiger partial charge in [-0.25, -0.2) is 0 Å². The SMILES string of the molecule is CCCCCCCC(=O)NCC(=O)N[C@H](C(=O)N[C@@H](CCN)C(=O)C(C)C)C(C)O. The molecule has 0 aliphatic heterocycles. The highest BCUT2D eigenvalue weighted by Gasteiger charge is 2.30. The summed E-state index contributed by atoms with van der Waals surface area (Å²) >= 11 is 0. The van der Waals surface area contributed by atoms with E-state index in [9.17, 15) is 24.3 Å². The zero-order valence-corrected chi connectivity index (χ0v) is 18.8. The van der Waals surface area contributed by atoms with E-state index in [-0.39, 0.29) is 37.1 Å². The molecule has 0 bridgehead atoms. The van der Waals surface area contributed by atoms with Gasteiger partial charge in [-0.05, 0) is 26.3 Å². The van der Waals surface area contributed by atoms with Crippen molar-refractivity contribution in [2.75, 3.05) is 13.1 Å². The van der Waals surface area contributed by atoms with E-state index in [4.69, 9.17) is 5.73 Å². The third-order valence-corrected chi connectivity index (χ3v) is 4.72. The van der Waals surface area contributed by atoms with Gasteiger partial charge in [-0.2, -0.15) is 0 Å². The topological polar surface area (TPSA) is 151 Å². The number of Topliss-reactive ketones (excluding diaryl/α,β-unsaturated/α-hetero) is 1. The average molecular weight is 429 g/mol. The lowest BCUT2D eigenvalue weighted by Crippen LogP contribution is -2.57. The maximum atomic E-state index is 12.5. The molecule has 0 radical (unpaired) electrons. The van der Waals surface area contributed by atoms with Crippen LogP contribution in [0.5, 0.6) is 0 Å². The van der Waals surface area contributed by atoms with Gasteiger partial charge in [-0.15, -0.1) is 0 Å². The first kappa shape index (κ1) is 28.0. The highest BCUT2D eigenvalue weighted by atomic mass is 16.3. The van der Waals surface area contributed by atoms with Crippen LogP contribution >= 0.6 is 0 Å². The molecule has 0 saturated heterocycles. The molecule has 0 aliphatic carbocycles. The summed E-state index contributed by atoms with van der Waals surface area (Å²) in [7, 11) is 0. The molecule has 0 fully saturated rings. The smallest absolute Gasteiger partial charge is 0.245 e. The third kappa shape index (κ3) is 11.9. The Morgan fingerprint density at radius 2 is 1.57 bits per heavy atom. The number of nitrogens with two attached hydrogens (primary N) is 1. The quantitative estimate of drug-likeness (QED) is 0.224. The van der Waals surface area contributed by atoms with Crippen LogP contribution in [-0.2, 0) is 19.2 Å². The Morgan fingerprint density at radius 3 is 2.10 bits per heavy atom. The molecule has 6 N–H and O–H groups in total. The van der Waals surface area contributed by atoms with Gasteiger partial charge >= 0.3 is 0 Å². The molecule has 0 heterocycles. The second kappa shape index (κ2) is 15.8. The van der Waals surface area contributed by atoms with Gasteiger partial charge in [0.2, 0.25) is 17.7 Å². The van der Waals surface area contributed by atoms with Crippen LogP contribution in [0.25, 0.3) is 0 Å². The molecule has 0 spiro atoms. The number of nitrogens with one attached hydrogen (secondary N) is 3. The van der Waals surface area contributed by atoms with Gasteiger partial charge in [-0.1, -0.05) is 46.5 Å². The number of aliphatic hydroxyl groups excluding tert-OH is 1. The zero-order chi connectivity index (χ0) is 23.1. The van der Waals surface area contributed by atoms with Crippen molar-refractivity contribution in [3.63, 3.8) is 0 Å². The number of carbonyl (C=O) groups is 4. The number of ketones is 1. The predicted molar refractivity (Wildman–Crippen MR) is 115 cm³/mol. The number of carbonyl (C=O) groups excluding carboxylic acids is 4. The van der Waals surface area contributed by atoms with E-state index >= 15 is 0 Å². The Morgan fingerprint density at radius 1 is 0.933 bits per heavy atom. The molecule has 174 valence electrons. The van der Waals surface area contributed by atoms with Gasteiger partial charge in [-0.3, -0.25) is 19.2 Å². The van der Waals surface area contributed by atoms with Crippen molar-refractivity contribution in [1.82, 2.24) is 16.0 Å². The lowest BCUT2D eigenvalue weighted by atomic mass is 9.98. The summed E-state index contributed by atoms with van der Waals surface area (Å²) in [6.07, 6.45) is 4.50. The lowest BCUT2D eigenvalue weighted by molar-refractivity contribution is -0.134. The first-order valence-electron chi connectivity index (χ1n) is 10.9. The molecule has 0 aliphatic rings. The lowest BCUT2D eigenvalue weighted by Gasteiger charge is -2.25. The maximum absolute atomic E-state index is 12.5. The molecule has 9 heteroatoms. The molecule has 9 nitrogen and oxygen atoms in total. The van der Waals surface area contributed by atoms with Gasteiger partial charge < -0.3 is 26.8 Å². The van der Waals surface area contributed by atoms with Crippen LogP contribution in [0.1, 0.15) is 72.6 Å². The van der Waals surface area contributed by atoms with Gasteiger partial charge in [0.15, 0.2) is 5.78 Å². The zero-order valence-electron chi connectivity index (χ0n) is 18.8. The molecule has 1 unspecified atom stereocenters. The largest absolute Gasteiger partial charge is 0.391 e. The van der Waals surface area contributed by atoms with E-state index in [2.05, 4.69) is 22.9 Å². The Bertz CT molecular complexity index is 552. The van der Waals surface area contributed by atoms with Crippen LogP contribution in [0.4, 0.5) is 0 Å². The molecule has 3 amide bonds.